The Balaban J connectivity index is 3.13. The number of nitriles is 1. The van der Waals surface area contributed by atoms with Crippen molar-refractivity contribution >= 4 is 0 Å². The maximum atomic E-state index is 13.2. The molecule has 0 aromatic heterocycles. The molecule has 0 aliphatic rings. The van der Waals surface area contributed by atoms with Crippen molar-refractivity contribution in [2.24, 2.45) is 5.73 Å². The lowest BCUT2D eigenvalue weighted by Crippen LogP contribution is -2.24. The van der Waals surface area contributed by atoms with Gasteiger partial charge >= 0.3 is 0 Å². The number of hydrogen-bond acceptors (Lipinski definition) is 3. The molecule has 3 N–H and O–H groups in total. The molecule has 74 valence electrons. The van der Waals surface area contributed by atoms with Crippen LogP contribution in [0.2, 0.25) is 0 Å². The van der Waals surface area contributed by atoms with E-state index in [0.717, 1.165) is 0 Å². The molecule has 1 rings (SSSR count). The van der Waals surface area contributed by atoms with E-state index in [9.17, 15) is 9.50 Å². The molecule has 2 atom stereocenters. The van der Waals surface area contributed by atoms with Gasteiger partial charge in [-0.2, -0.15) is 5.26 Å². The Hall–Kier alpha value is -1.44. The first-order chi connectivity index (χ1) is 6.56. The molecular formula is C10H11FN2O. The van der Waals surface area contributed by atoms with Crippen molar-refractivity contribution in [2.45, 2.75) is 19.1 Å². The first-order valence-electron chi connectivity index (χ1n) is 4.19. The predicted octanol–water partition coefficient (Wildman–Crippen LogP) is 1.08. The van der Waals surface area contributed by atoms with Gasteiger partial charge in [-0.3, -0.25) is 0 Å². The maximum absolute atomic E-state index is 13.2. The van der Waals surface area contributed by atoms with Crippen LogP contribution in [0.25, 0.3) is 0 Å². The van der Waals surface area contributed by atoms with Gasteiger partial charge < -0.3 is 10.8 Å². The third-order valence-corrected chi connectivity index (χ3v) is 2.00. The van der Waals surface area contributed by atoms with Crippen molar-refractivity contribution in [3.8, 4) is 6.07 Å². The minimum absolute atomic E-state index is 0.166. The first kappa shape index (κ1) is 10.6. The molecule has 0 unspecified atom stereocenters. The Morgan fingerprint density at radius 2 is 2.21 bits per heavy atom. The van der Waals surface area contributed by atoms with Crippen LogP contribution in [0.3, 0.4) is 0 Å². The van der Waals surface area contributed by atoms with Crippen molar-refractivity contribution in [1.29, 1.82) is 5.26 Å². The number of aliphatic hydroxyl groups is 1. The monoisotopic (exact) mass is 194 g/mol. The molecule has 0 radical (unpaired) electrons. The van der Waals surface area contributed by atoms with Crippen LogP contribution >= 0.6 is 0 Å². The van der Waals surface area contributed by atoms with Gasteiger partial charge in [0.25, 0.3) is 0 Å². The standard InChI is InChI=1S/C10H11FN2O/c1-6(14)10(13)8-4-7(5-12)2-3-9(8)11/h2-4,6,10,14H,13H2,1H3/t6-,10+/m0/s1. The summed E-state index contributed by atoms with van der Waals surface area (Å²) in [6.07, 6.45) is -0.849. The van der Waals surface area contributed by atoms with E-state index < -0.39 is 18.0 Å². The number of benzene rings is 1. The van der Waals surface area contributed by atoms with Gasteiger partial charge in [-0.05, 0) is 25.1 Å². The van der Waals surface area contributed by atoms with Gasteiger partial charge in [0.15, 0.2) is 0 Å². The van der Waals surface area contributed by atoms with E-state index in [0.29, 0.717) is 5.56 Å². The number of rotatable bonds is 2. The Morgan fingerprint density at radius 1 is 1.57 bits per heavy atom. The van der Waals surface area contributed by atoms with E-state index in [2.05, 4.69) is 0 Å². The van der Waals surface area contributed by atoms with Gasteiger partial charge in [0, 0.05) is 5.56 Å². The normalized spacial score (nSPS) is 14.5. The number of hydrogen-bond donors (Lipinski definition) is 2. The van der Waals surface area contributed by atoms with Crippen LogP contribution in [0.1, 0.15) is 24.1 Å². The zero-order valence-corrected chi connectivity index (χ0v) is 7.74. The summed E-state index contributed by atoms with van der Waals surface area (Å²) in [5.41, 5.74) is 6.06. The second kappa shape index (κ2) is 4.18. The van der Waals surface area contributed by atoms with Gasteiger partial charge in [0.05, 0.1) is 23.8 Å². The van der Waals surface area contributed by atoms with Crippen LogP contribution in [-0.4, -0.2) is 11.2 Å². The zero-order chi connectivity index (χ0) is 10.7. The summed E-state index contributed by atoms with van der Waals surface area (Å²) in [5, 5.41) is 17.8. The fourth-order valence-corrected chi connectivity index (χ4v) is 1.13. The first-order valence-corrected chi connectivity index (χ1v) is 4.19. The topological polar surface area (TPSA) is 70.0 Å². The van der Waals surface area contributed by atoms with Crippen LogP contribution in [-0.2, 0) is 0 Å². The van der Waals surface area contributed by atoms with E-state index in [1.807, 2.05) is 6.07 Å². The minimum Gasteiger partial charge on any atom is -0.391 e. The van der Waals surface area contributed by atoms with Crippen LogP contribution in [0.5, 0.6) is 0 Å². The molecule has 0 heterocycles. The number of halogens is 1. The number of nitrogens with zero attached hydrogens (tertiary/aromatic N) is 1. The third kappa shape index (κ3) is 2.08. The van der Waals surface area contributed by atoms with E-state index in [1.165, 1.54) is 25.1 Å². The SMILES string of the molecule is C[C@H](O)[C@@H](N)c1cc(C#N)ccc1F. The molecule has 1 aromatic rings. The molecule has 3 nitrogen and oxygen atoms in total. The number of aliphatic hydroxyl groups excluding tert-OH is 1. The van der Waals surface area contributed by atoms with Crippen molar-refractivity contribution in [1.82, 2.24) is 0 Å². The predicted molar refractivity (Wildman–Crippen MR) is 49.7 cm³/mol. The highest BCUT2D eigenvalue weighted by molar-refractivity contribution is 5.35. The maximum Gasteiger partial charge on any atom is 0.128 e. The lowest BCUT2D eigenvalue weighted by Gasteiger charge is -2.15. The molecular weight excluding hydrogens is 183 g/mol. The summed E-state index contributed by atoms with van der Waals surface area (Å²) in [4.78, 5) is 0. The van der Waals surface area contributed by atoms with E-state index >= 15 is 0 Å². The van der Waals surface area contributed by atoms with Gasteiger partial charge in [-0.1, -0.05) is 0 Å². The summed E-state index contributed by atoms with van der Waals surface area (Å²) >= 11 is 0. The Morgan fingerprint density at radius 3 is 2.71 bits per heavy atom. The lowest BCUT2D eigenvalue weighted by molar-refractivity contribution is 0.162. The van der Waals surface area contributed by atoms with E-state index in [1.54, 1.807) is 0 Å². The fraction of sp³-hybridized carbons (Fsp3) is 0.300. The average Bonchev–Trinajstić information content (AvgIpc) is 2.17. The second-order valence-electron chi connectivity index (χ2n) is 3.11. The Bertz CT molecular complexity index is 371. The smallest absolute Gasteiger partial charge is 0.128 e. The van der Waals surface area contributed by atoms with E-state index in [4.69, 9.17) is 11.0 Å². The van der Waals surface area contributed by atoms with Crippen molar-refractivity contribution < 1.29 is 9.50 Å². The van der Waals surface area contributed by atoms with Crippen LogP contribution in [0.4, 0.5) is 4.39 Å². The quantitative estimate of drug-likeness (QED) is 0.740. The fourth-order valence-electron chi connectivity index (χ4n) is 1.13. The molecule has 14 heavy (non-hydrogen) atoms. The molecule has 0 saturated heterocycles. The summed E-state index contributed by atoms with van der Waals surface area (Å²) in [5.74, 6) is -0.502. The molecule has 4 heteroatoms. The molecule has 0 amide bonds. The third-order valence-electron chi connectivity index (χ3n) is 2.00. The Labute approximate surface area is 81.6 Å². The second-order valence-corrected chi connectivity index (χ2v) is 3.11. The highest BCUT2D eigenvalue weighted by Gasteiger charge is 2.16. The average molecular weight is 194 g/mol. The highest BCUT2D eigenvalue weighted by atomic mass is 19.1. The molecule has 0 aliphatic carbocycles. The molecule has 0 aliphatic heterocycles. The van der Waals surface area contributed by atoms with Gasteiger partial charge in [-0.15, -0.1) is 0 Å². The molecule has 0 bridgehead atoms. The minimum atomic E-state index is -0.849. The van der Waals surface area contributed by atoms with Gasteiger partial charge in [0.1, 0.15) is 5.82 Å². The van der Waals surface area contributed by atoms with Crippen molar-refractivity contribution in [3.63, 3.8) is 0 Å². The van der Waals surface area contributed by atoms with Gasteiger partial charge in [-0.25, -0.2) is 4.39 Å². The molecule has 0 spiro atoms. The summed E-state index contributed by atoms with van der Waals surface area (Å²) < 4.78 is 13.2. The van der Waals surface area contributed by atoms with Gasteiger partial charge in [0.2, 0.25) is 0 Å². The molecule has 0 saturated carbocycles. The summed E-state index contributed by atoms with van der Waals surface area (Å²) in [6, 6.07) is 4.98. The van der Waals surface area contributed by atoms with E-state index in [-0.39, 0.29) is 5.56 Å². The van der Waals surface area contributed by atoms with Crippen LogP contribution < -0.4 is 5.73 Å². The van der Waals surface area contributed by atoms with Crippen molar-refractivity contribution in [3.05, 3.63) is 35.1 Å². The highest BCUT2D eigenvalue weighted by Crippen LogP contribution is 2.19. The summed E-state index contributed by atoms with van der Waals surface area (Å²) in [7, 11) is 0. The van der Waals surface area contributed by atoms with Crippen LogP contribution in [0.15, 0.2) is 18.2 Å². The molecule has 1 aromatic carbocycles. The lowest BCUT2D eigenvalue weighted by atomic mass is 10.0. The summed E-state index contributed by atoms with van der Waals surface area (Å²) in [6.45, 7) is 1.48. The zero-order valence-electron chi connectivity index (χ0n) is 7.74. The van der Waals surface area contributed by atoms with Crippen molar-refractivity contribution in [2.75, 3.05) is 0 Å². The molecule has 0 fully saturated rings. The van der Waals surface area contributed by atoms with Crippen LogP contribution in [0, 0.1) is 17.1 Å². The number of nitrogens with two attached hydrogens (primary N) is 1. The Kier molecular flexibility index (Phi) is 3.18. The largest absolute Gasteiger partial charge is 0.391 e.